The van der Waals surface area contributed by atoms with E-state index in [0.717, 1.165) is 89.9 Å². The maximum atomic E-state index is 13.0. The summed E-state index contributed by atoms with van der Waals surface area (Å²) in [6.45, 7) is 4.56. The van der Waals surface area contributed by atoms with Gasteiger partial charge in [-0.05, 0) is 83.5 Å². The quantitative estimate of drug-likeness (QED) is 0.0272. The van der Waals surface area contributed by atoms with Gasteiger partial charge in [0.25, 0.3) is 7.82 Å². The number of allylic oxidation sites excluding steroid dienone is 17. The van der Waals surface area contributed by atoms with Gasteiger partial charge in [0.1, 0.15) is 13.2 Å². The minimum atomic E-state index is -4.61. The zero-order valence-electron chi connectivity index (χ0n) is 55.6. The highest BCUT2D eigenvalue weighted by Crippen LogP contribution is 2.38. The lowest BCUT2D eigenvalue weighted by atomic mass is 10.0. The van der Waals surface area contributed by atoms with Crippen LogP contribution in [0.5, 0.6) is 0 Å². The van der Waals surface area contributed by atoms with E-state index >= 15 is 0 Å². The largest absolute Gasteiger partial charge is 0.756 e. The first-order chi connectivity index (χ1) is 41.0. The molecule has 0 aromatic carbocycles. The standard InChI is InChI=1S/C75H135N2O6P/c1-6-8-10-12-14-16-18-20-22-24-26-28-29-30-31-32-33-34-35-36-37-38-39-40-41-42-43-44-45-46-47-49-51-53-55-57-59-61-63-65-67-69-75(79)76-73(72-83-84(80,81)82-71-70-77(3,4)5)74(78)68-66-64-62-60-58-56-54-52-50-48-27-25-23-21-19-17-15-13-11-9-7-2/h8,10,14,16,20,22,26,28,30-31,33-34,36-37,39-40,66,68,73-74,78H,6-7,9,11-13,15,17-19,21,23-25,27,29,32,35,38,41-65,67,69-72H2,1-5H3,(H-,76,79,80,81)/b10-8-,16-14-,22-20-,28-26-,31-30-,34-33-,37-36-,40-39-,68-66+. The highest BCUT2D eigenvalue weighted by molar-refractivity contribution is 7.45. The van der Waals surface area contributed by atoms with Crippen molar-refractivity contribution in [2.45, 2.75) is 321 Å². The van der Waals surface area contributed by atoms with Crippen molar-refractivity contribution < 1.29 is 32.9 Å². The Morgan fingerprint density at radius 3 is 1.06 bits per heavy atom. The number of unbranched alkanes of at least 4 members (excludes halogenated alkanes) is 35. The minimum Gasteiger partial charge on any atom is -0.756 e. The lowest BCUT2D eigenvalue weighted by Crippen LogP contribution is -2.45. The maximum Gasteiger partial charge on any atom is 0.268 e. The molecule has 0 aromatic heterocycles. The van der Waals surface area contributed by atoms with Crippen LogP contribution in [0, 0.1) is 0 Å². The van der Waals surface area contributed by atoms with Crippen molar-refractivity contribution in [2.24, 2.45) is 0 Å². The SMILES string of the molecule is CC/C=C\C/C=C\C/C=C\C/C=C\C/C=C\C/C=C\C/C=C\C/C=C\CCCCCCCCCCCCCCCCCCC(=O)NC(COP(=O)([O-])OCC[N+](C)(C)C)C(O)/C=C/CCCCCCCCCCCCCCCCCCCCC. The van der Waals surface area contributed by atoms with Crippen molar-refractivity contribution in [3.63, 3.8) is 0 Å². The monoisotopic (exact) mass is 1190 g/mol. The number of phosphoric acid groups is 1. The molecule has 0 saturated heterocycles. The van der Waals surface area contributed by atoms with E-state index in [4.69, 9.17) is 9.05 Å². The van der Waals surface area contributed by atoms with Crippen LogP contribution in [0.15, 0.2) is 109 Å². The number of amides is 1. The summed E-state index contributed by atoms with van der Waals surface area (Å²) in [5, 5.41) is 14.0. The van der Waals surface area contributed by atoms with E-state index in [1.54, 1.807) is 6.08 Å². The Kier molecular flexibility index (Phi) is 62.4. The fraction of sp³-hybridized carbons (Fsp3) is 0.747. The van der Waals surface area contributed by atoms with Gasteiger partial charge in [-0.15, -0.1) is 0 Å². The number of nitrogens with one attached hydrogen (secondary N) is 1. The van der Waals surface area contributed by atoms with Crippen molar-refractivity contribution in [1.82, 2.24) is 5.32 Å². The lowest BCUT2D eigenvalue weighted by molar-refractivity contribution is -0.870. The number of likely N-dealkylation sites (N-methyl/N-ethyl adjacent to an activating group) is 1. The lowest BCUT2D eigenvalue weighted by Gasteiger charge is -2.29. The van der Waals surface area contributed by atoms with E-state index in [-0.39, 0.29) is 19.1 Å². The molecule has 8 nitrogen and oxygen atoms in total. The molecular weight excluding hydrogens is 1060 g/mol. The summed E-state index contributed by atoms with van der Waals surface area (Å²) in [5.74, 6) is -0.197. The number of aliphatic hydroxyl groups is 1. The third-order valence-electron chi connectivity index (χ3n) is 15.5. The van der Waals surface area contributed by atoms with E-state index in [1.165, 1.54) is 199 Å². The second-order valence-corrected chi connectivity index (χ2v) is 26.3. The van der Waals surface area contributed by atoms with Crippen molar-refractivity contribution >= 4 is 13.7 Å². The molecule has 0 saturated carbocycles. The van der Waals surface area contributed by atoms with Gasteiger partial charge in [0, 0.05) is 6.42 Å². The molecule has 0 spiro atoms. The van der Waals surface area contributed by atoms with Crippen LogP contribution < -0.4 is 10.2 Å². The molecule has 0 aliphatic rings. The zero-order valence-corrected chi connectivity index (χ0v) is 56.5. The first kappa shape index (κ1) is 81.2. The van der Waals surface area contributed by atoms with E-state index in [0.29, 0.717) is 17.4 Å². The van der Waals surface area contributed by atoms with Crippen LogP contribution in [0.25, 0.3) is 0 Å². The molecule has 3 unspecified atom stereocenters. The summed E-state index contributed by atoms with van der Waals surface area (Å²) >= 11 is 0. The van der Waals surface area contributed by atoms with Crippen LogP contribution in [-0.4, -0.2) is 68.5 Å². The number of nitrogens with zero attached hydrogens (tertiary/aromatic N) is 1. The Hall–Kier alpha value is -2.84. The van der Waals surface area contributed by atoms with Crippen LogP contribution in [0.4, 0.5) is 0 Å². The van der Waals surface area contributed by atoms with Gasteiger partial charge < -0.3 is 28.8 Å². The van der Waals surface area contributed by atoms with Gasteiger partial charge in [-0.3, -0.25) is 9.36 Å². The predicted octanol–water partition coefficient (Wildman–Crippen LogP) is 22.0. The summed E-state index contributed by atoms with van der Waals surface area (Å²) in [6, 6.07) is -0.892. The van der Waals surface area contributed by atoms with E-state index in [2.05, 4.69) is 116 Å². The fourth-order valence-electron chi connectivity index (χ4n) is 10.1. The summed E-state index contributed by atoms with van der Waals surface area (Å²) in [5.41, 5.74) is 0. The highest BCUT2D eigenvalue weighted by Gasteiger charge is 2.23. The average molecular weight is 1190 g/mol. The third-order valence-corrected chi connectivity index (χ3v) is 16.5. The second-order valence-electron chi connectivity index (χ2n) is 24.9. The molecular formula is C75H135N2O6P. The number of quaternary nitrogens is 1. The van der Waals surface area contributed by atoms with Crippen LogP contribution in [0.3, 0.4) is 0 Å². The first-order valence-corrected chi connectivity index (χ1v) is 36.7. The zero-order chi connectivity index (χ0) is 61.2. The normalized spacial score (nSPS) is 14.3. The molecule has 9 heteroatoms. The van der Waals surface area contributed by atoms with Gasteiger partial charge in [0.2, 0.25) is 5.91 Å². The van der Waals surface area contributed by atoms with Crippen molar-refractivity contribution in [3.8, 4) is 0 Å². The number of carbonyl (C=O) groups is 1. The molecule has 0 aromatic rings. The smallest absolute Gasteiger partial charge is 0.268 e. The Morgan fingerprint density at radius 2 is 0.726 bits per heavy atom. The molecule has 0 aliphatic carbocycles. The number of phosphoric ester groups is 1. The number of aliphatic hydroxyl groups excluding tert-OH is 1. The molecule has 0 heterocycles. The van der Waals surface area contributed by atoms with Gasteiger partial charge in [-0.2, -0.15) is 0 Å². The summed E-state index contributed by atoms with van der Waals surface area (Å²) in [7, 11) is 1.26. The molecule has 0 fully saturated rings. The maximum absolute atomic E-state index is 13.0. The number of rotatable bonds is 64. The highest BCUT2D eigenvalue weighted by atomic mass is 31.2. The molecule has 0 aliphatic heterocycles. The van der Waals surface area contributed by atoms with E-state index < -0.39 is 20.0 Å². The molecule has 0 bridgehead atoms. The van der Waals surface area contributed by atoms with Gasteiger partial charge >= 0.3 is 0 Å². The Morgan fingerprint density at radius 1 is 0.429 bits per heavy atom. The van der Waals surface area contributed by atoms with Crippen LogP contribution in [0.2, 0.25) is 0 Å². The third kappa shape index (κ3) is 66.7. The summed E-state index contributed by atoms with van der Waals surface area (Å²) in [4.78, 5) is 25.6. The topological polar surface area (TPSA) is 108 Å². The van der Waals surface area contributed by atoms with E-state index in [1.807, 2.05) is 27.2 Å². The summed E-state index contributed by atoms with van der Waals surface area (Å²) < 4.78 is 23.4. The van der Waals surface area contributed by atoms with Crippen LogP contribution in [0.1, 0.15) is 309 Å². The molecule has 0 rings (SSSR count). The second kappa shape index (κ2) is 64.6. The molecule has 84 heavy (non-hydrogen) atoms. The molecule has 1 amide bonds. The van der Waals surface area contributed by atoms with Gasteiger partial charge in [-0.1, -0.05) is 329 Å². The van der Waals surface area contributed by atoms with E-state index in [9.17, 15) is 19.4 Å². The predicted molar refractivity (Wildman–Crippen MR) is 366 cm³/mol. The molecule has 2 N–H and O–H groups in total. The van der Waals surface area contributed by atoms with Gasteiger partial charge in [0.05, 0.1) is 39.9 Å². The molecule has 3 atom stereocenters. The van der Waals surface area contributed by atoms with Gasteiger partial charge in [0.15, 0.2) is 0 Å². The Bertz CT molecular complexity index is 1740. The Balaban J connectivity index is 4.03. The average Bonchev–Trinajstić information content (AvgIpc) is 3.56. The Labute approximate surface area is 521 Å². The molecule has 486 valence electrons. The number of hydrogen-bond donors (Lipinski definition) is 2. The summed E-state index contributed by atoms with van der Waals surface area (Å²) in [6.07, 6.45) is 94.9. The van der Waals surface area contributed by atoms with Crippen LogP contribution >= 0.6 is 7.82 Å². The fourth-order valence-corrected chi connectivity index (χ4v) is 10.8. The van der Waals surface area contributed by atoms with Crippen LogP contribution in [-0.2, 0) is 18.4 Å². The van der Waals surface area contributed by atoms with Gasteiger partial charge in [-0.25, -0.2) is 0 Å². The van der Waals surface area contributed by atoms with Crippen molar-refractivity contribution in [1.29, 1.82) is 0 Å². The number of hydrogen-bond acceptors (Lipinski definition) is 6. The number of carbonyl (C=O) groups excluding carboxylic acids is 1. The molecule has 0 radical (unpaired) electrons. The van der Waals surface area contributed by atoms with Crippen molar-refractivity contribution in [3.05, 3.63) is 109 Å². The minimum absolute atomic E-state index is 0.00316. The van der Waals surface area contributed by atoms with Crippen molar-refractivity contribution in [2.75, 3.05) is 40.9 Å². The first-order valence-electron chi connectivity index (χ1n) is 35.2.